The number of carboxylic acid groups (broad SMARTS) is 1. The number of hydrogen-bond acceptors (Lipinski definition) is 3. The van der Waals surface area contributed by atoms with Crippen LogP contribution < -0.4 is 0 Å². The topological polar surface area (TPSA) is 63.3 Å². The first-order valence-electron chi connectivity index (χ1n) is 5.79. The van der Waals surface area contributed by atoms with Crippen molar-refractivity contribution in [3.8, 4) is 11.5 Å². The molecule has 0 unspecified atom stereocenters. The number of hydrogen-bond donors (Lipinski definition) is 1. The summed E-state index contributed by atoms with van der Waals surface area (Å²) in [6.45, 7) is 5.71. The molecule has 0 aliphatic heterocycles. The van der Waals surface area contributed by atoms with Gasteiger partial charge < -0.3 is 9.52 Å². The predicted octanol–water partition coefficient (Wildman–Crippen LogP) is 4.10. The van der Waals surface area contributed by atoms with E-state index in [1.54, 1.807) is 0 Å². The fraction of sp³-hybridized carbons (Fsp3) is 0.286. The van der Waals surface area contributed by atoms with E-state index in [-0.39, 0.29) is 11.2 Å². The van der Waals surface area contributed by atoms with Crippen LogP contribution in [0.25, 0.3) is 11.5 Å². The van der Waals surface area contributed by atoms with Gasteiger partial charge in [0.1, 0.15) is 5.69 Å². The lowest BCUT2D eigenvalue weighted by Gasteiger charge is -2.14. The van der Waals surface area contributed by atoms with Crippen LogP contribution in [0.3, 0.4) is 0 Å². The Morgan fingerprint density at radius 3 is 2.53 bits per heavy atom. The maximum atomic E-state index is 11.2. The Morgan fingerprint density at radius 2 is 2.05 bits per heavy atom. The van der Waals surface area contributed by atoms with Crippen molar-refractivity contribution in [3.05, 3.63) is 40.2 Å². The summed E-state index contributed by atoms with van der Waals surface area (Å²) in [7, 11) is 0. The molecular formula is C14H14BrNO3. The summed E-state index contributed by atoms with van der Waals surface area (Å²) in [5.41, 5.74) is 0.809. The Balaban J connectivity index is 2.58. The SMILES string of the molecule is CC(C)(C)c1nc(-c2cccc(Br)c2)oc1C(=O)O. The third-order valence-electron chi connectivity index (χ3n) is 2.60. The normalized spacial score (nSPS) is 11.6. The largest absolute Gasteiger partial charge is 0.475 e. The lowest BCUT2D eigenvalue weighted by Crippen LogP contribution is -2.16. The van der Waals surface area contributed by atoms with E-state index in [2.05, 4.69) is 20.9 Å². The number of benzene rings is 1. The van der Waals surface area contributed by atoms with Gasteiger partial charge in [-0.05, 0) is 18.2 Å². The van der Waals surface area contributed by atoms with Crippen molar-refractivity contribution in [1.82, 2.24) is 4.98 Å². The Morgan fingerprint density at radius 1 is 1.37 bits per heavy atom. The van der Waals surface area contributed by atoms with Crippen LogP contribution >= 0.6 is 15.9 Å². The van der Waals surface area contributed by atoms with Gasteiger partial charge in [-0.2, -0.15) is 0 Å². The van der Waals surface area contributed by atoms with E-state index in [0.29, 0.717) is 11.6 Å². The first-order valence-corrected chi connectivity index (χ1v) is 6.59. The molecule has 0 fully saturated rings. The fourth-order valence-electron chi connectivity index (χ4n) is 1.72. The van der Waals surface area contributed by atoms with Crippen molar-refractivity contribution in [2.24, 2.45) is 0 Å². The Kier molecular flexibility index (Phi) is 3.49. The third-order valence-corrected chi connectivity index (χ3v) is 3.10. The van der Waals surface area contributed by atoms with Crippen LogP contribution in [0.1, 0.15) is 37.0 Å². The molecule has 0 radical (unpaired) electrons. The zero-order valence-electron chi connectivity index (χ0n) is 10.9. The van der Waals surface area contributed by atoms with Crippen molar-refractivity contribution < 1.29 is 14.3 Å². The van der Waals surface area contributed by atoms with Crippen molar-refractivity contribution >= 4 is 21.9 Å². The van der Waals surface area contributed by atoms with E-state index >= 15 is 0 Å². The van der Waals surface area contributed by atoms with Crippen molar-refractivity contribution in [3.63, 3.8) is 0 Å². The highest BCUT2D eigenvalue weighted by molar-refractivity contribution is 9.10. The van der Waals surface area contributed by atoms with Gasteiger partial charge >= 0.3 is 5.97 Å². The lowest BCUT2D eigenvalue weighted by atomic mass is 9.91. The molecule has 100 valence electrons. The Bertz CT molecular complexity index is 626. The second kappa shape index (κ2) is 4.81. The quantitative estimate of drug-likeness (QED) is 0.903. The molecular weight excluding hydrogens is 310 g/mol. The van der Waals surface area contributed by atoms with Gasteiger partial charge in [-0.1, -0.05) is 42.8 Å². The van der Waals surface area contributed by atoms with Gasteiger partial charge in [0, 0.05) is 15.5 Å². The standard InChI is InChI=1S/C14H14BrNO3/c1-14(2,3)11-10(13(17)18)19-12(16-11)8-5-4-6-9(15)7-8/h4-7H,1-3H3,(H,17,18). The molecule has 0 aliphatic carbocycles. The molecule has 1 aromatic carbocycles. The molecule has 0 bridgehead atoms. The number of halogens is 1. The maximum Gasteiger partial charge on any atom is 0.373 e. The van der Waals surface area contributed by atoms with E-state index < -0.39 is 5.97 Å². The van der Waals surface area contributed by atoms with Gasteiger partial charge in [0.2, 0.25) is 11.7 Å². The molecule has 0 spiro atoms. The summed E-state index contributed by atoms with van der Waals surface area (Å²) in [5, 5.41) is 9.20. The molecule has 1 heterocycles. The second-order valence-corrected chi connectivity index (χ2v) is 6.18. The molecule has 1 aromatic heterocycles. The van der Waals surface area contributed by atoms with E-state index in [9.17, 15) is 9.90 Å². The number of carbonyl (C=O) groups is 1. The molecule has 0 atom stereocenters. The van der Waals surface area contributed by atoms with Crippen LogP contribution in [0.5, 0.6) is 0 Å². The van der Waals surface area contributed by atoms with E-state index in [1.165, 1.54) is 0 Å². The first kappa shape index (κ1) is 13.8. The van der Waals surface area contributed by atoms with Crippen molar-refractivity contribution in [2.45, 2.75) is 26.2 Å². The molecule has 4 nitrogen and oxygen atoms in total. The smallest absolute Gasteiger partial charge is 0.373 e. The summed E-state index contributed by atoms with van der Waals surface area (Å²) >= 11 is 3.37. The number of rotatable bonds is 2. The predicted molar refractivity (Wildman–Crippen MR) is 75.3 cm³/mol. The number of oxazole rings is 1. The highest BCUT2D eigenvalue weighted by Gasteiger charge is 2.29. The molecule has 0 aliphatic rings. The van der Waals surface area contributed by atoms with Gasteiger partial charge in [0.15, 0.2) is 0 Å². The van der Waals surface area contributed by atoms with Crippen molar-refractivity contribution in [2.75, 3.05) is 0 Å². The van der Waals surface area contributed by atoms with E-state index in [4.69, 9.17) is 4.42 Å². The minimum absolute atomic E-state index is 0.0949. The van der Waals surface area contributed by atoms with Crippen LogP contribution in [0.15, 0.2) is 33.2 Å². The number of nitrogens with zero attached hydrogens (tertiary/aromatic N) is 1. The number of aromatic carboxylic acids is 1. The zero-order chi connectivity index (χ0) is 14.2. The maximum absolute atomic E-state index is 11.2. The van der Waals surface area contributed by atoms with Crippen molar-refractivity contribution in [1.29, 1.82) is 0 Å². The molecule has 1 N–H and O–H groups in total. The monoisotopic (exact) mass is 323 g/mol. The summed E-state index contributed by atoms with van der Waals surface area (Å²) in [6, 6.07) is 7.40. The average molecular weight is 324 g/mol. The van der Waals surface area contributed by atoms with Gasteiger partial charge in [-0.15, -0.1) is 0 Å². The van der Waals surface area contributed by atoms with E-state index in [0.717, 1.165) is 10.0 Å². The van der Waals surface area contributed by atoms with E-state index in [1.807, 2.05) is 45.0 Å². The Labute approximate surface area is 119 Å². The highest BCUT2D eigenvalue weighted by atomic mass is 79.9. The second-order valence-electron chi connectivity index (χ2n) is 5.26. The molecule has 0 saturated heterocycles. The van der Waals surface area contributed by atoms with Gasteiger partial charge in [-0.3, -0.25) is 0 Å². The molecule has 19 heavy (non-hydrogen) atoms. The Hall–Kier alpha value is -1.62. The zero-order valence-corrected chi connectivity index (χ0v) is 12.5. The molecule has 2 rings (SSSR count). The van der Waals surface area contributed by atoms with Gasteiger partial charge in [0.25, 0.3) is 0 Å². The molecule has 0 amide bonds. The van der Waals surface area contributed by atoms with Crippen LogP contribution in [-0.2, 0) is 5.41 Å². The fourth-order valence-corrected chi connectivity index (χ4v) is 2.12. The van der Waals surface area contributed by atoms with Gasteiger partial charge in [-0.25, -0.2) is 9.78 Å². The minimum Gasteiger partial charge on any atom is -0.475 e. The summed E-state index contributed by atoms with van der Waals surface area (Å²) < 4.78 is 6.30. The minimum atomic E-state index is -1.10. The highest BCUT2D eigenvalue weighted by Crippen LogP contribution is 2.30. The van der Waals surface area contributed by atoms with Crippen LogP contribution in [-0.4, -0.2) is 16.1 Å². The van der Waals surface area contributed by atoms with Crippen LogP contribution in [0.2, 0.25) is 0 Å². The summed E-state index contributed by atoms with van der Waals surface area (Å²) in [4.78, 5) is 15.6. The lowest BCUT2D eigenvalue weighted by molar-refractivity contribution is 0.0659. The number of carboxylic acids is 1. The number of aromatic nitrogens is 1. The molecule has 0 saturated carbocycles. The van der Waals surface area contributed by atoms with Crippen LogP contribution in [0.4, 0.5) is 0 Å². The van der Waals surface area contributed by atoms with Crippen LogP contribution in [0, 0.1) is 0 Å². The molecule has 5 heteroatoms. The first-order chi connectivity index (χ1) is 8.79. The van der Waals surface area contributed by atoms with Gasteiger partial charge in [0.05, 0.1) is 0 Å². The summed E-state index contributed by atoms with van der Waals surface area (Å²) in [6.07, 6.45) is 0. The average Bonchev–Trinajstić information content (AvgIpc) is 2.73. The third kappa shape index (κ3) is 2.87. The molecule has 2 aromatic rings. The summed E-state index contributed by atoms with van der Waals surface area (Å²) in [5.74, 6) is -0.871.